The van der Waals surface area contributed by atoms with E-state index in [2.05, 4.69) is 21.2 Å². The number of nitrogens with zero attached hydrogens (tertiary/aromatic N) is 3. The second-order valence-electron chi connectivity index (χ2n) is 7.33. The topological polar surface area (TPSA) is 80.4 Å². The van der Waals surface area contributed by atoms with Crippen LogP contribution in [0.3, 0.4) is 0 Å². The summed E-state index contributed by atoms with van der Waals surface area (Å²) in [6.45, 7) is 4.42. The van der Waals surface area contributed by atoms with E-state index in [1.54, 1.807) is 27.9 Å². The van der Waals surface area contributed by atoms with E-state index in [1.807, 2.05) is 62.4 Å². The quantitative estimate of drug-likeness (QED) is 0.380. The Balaban J connectivity index is 1.76. The lowest BCUT2D eigenvalue weighted by molar-refractivity contribution is 0.178. The zero-order chi connectivity index (χ0) is 22.7. The number of hydrogen-bond donors (Lipinski definition) is 1. The number of urea groups is 1. The second kappa shape index (κ2) is 9.40. The number of benzene rings is 2. The van der Waals surface area contributed by atoms with Crippen LogP contribution in [0.5, 0.6) is 0 Å². The third-order valence-corrected chi connectivity index (χ3v) is 6.02. The van der Waals surface area contributed by atoms with Gasteiger partial charge in [-0.2, -0.15) is 0 Å². The van der Waals surface area contributed by atoms with E-state index in [0.717, 1.165) is 4.47 Å². The third-order valence-electron chi connectivity index (χ3n) is 5.33. The van der Waals surface area contributed by atoms with Gasteiger partial charge in [0.2, 0.25) is 0 Å². The molecule has 2 heterocycles. The molecule has 4 aromatic rings. The lowest BCUT2D eigenvalue weighted by Gasteiger charge is -2.30. The zero-order valence-corrected chi connectivity index (χ0v) is 19.4. The fraction of sp³-hybridized carbons (Fsp3) is 0.208. The maximum Gasteiger partial charge on any atom is 0.322 e. The molecule has 1 N–H and O–H groups in total. The molecule has 0 radical (unpaired) electrons. The van der Waals surface area contributed by atoms with Gasteiger partial charge in [0.05, 0.1) is 35.4 Å². The van der Waals surface area contributed by atoms with Gasteiger partial charge in [-0.05, 0) is 66.2 Å². The van der Waals surface area contributed by atoms with Gasteiger partial charge in [0.15, 0.2) is 0 Å². The average Bonchev–Trinajstić information content (AvgIpc) is 3.32. The summed E-state index contributed by atoms with van der Waals surface area (Å²) < 4.78 is 7.90. The fourth-order valence-electron chi connectivity index (χ4n) is 3.65. The van der Waals surface area contributed by atoms with Gasteiger partial charge in [0.1, 0.15) is 11.6 Å². The molecule has 2 aromatic carbocycles. The van der Waals surface area contributed by atoms with Crippen molar-refractivity contribution in [3.05, 3.63) is 93.3 Å². The normalized spacial score (nSPS) is 12.0. The van der Waals surface area contributed by atoms with Crippen LogP contribution in [0.1, 0.15) is 31.5 Å². The molecule has 32 heavy (non-hydrogen) atoms. The lowest BCUT2D eigenvalue weighted by atomic mass is 10.2. The number of carbonyl (C=O) groups is 1. The van der Waals surface area contributed by atoms with Crippen LogP contribution in [0.25, 0.3) is 10.9 Å². The van der Waals surface area contributed by atoms with E-state index in [4.69, 9.17) is 9.40 Å². The molecule has 1 unspecified atom stereocenters. The van der Waals surface area contributed by atoms with Crippen LogP contribution in [0.15, 0.2) is 80.6 Å². The Labute approximate surface area is 193 Å². The standard InChI is InChI=1S/C24H23BrN4O3/c1-3-28-22(26-20-12-6-4-10-18(20)23(28)30)16(2)29(15-17-9-8-14-32-17)24(31)27-21-13-7-5-11-19(21)25/h4-14,16H,3,15H2,1-2H3,(H,27,31). The molecule has 0 saturated carbocycles. The molecule has 4 rings (SSSR count). The summed E-state index contributed by atoms with van der Waals surface area (Å²) in [5.41, 5.74) is 1.13. The first-order valence-electron chi connectivity index (χ1n) is 10.3. The first-order valence-corrected chi connectivity index (χ1v) is 11.1. The Kier molecular flexibility index (Phi) is 6.41. The number of furan rings is 1. The molecule has 0 spiro atoms. The fourth-order valence-corrected chi connectivity index (χ4v) is 4.04. The summed E-state index contributed by atoms with van der Waals surface area (Å²) in [6, 6.07) is 17.4. The maximum atomic E-state index is 13.4. The minimum atomic E-state index is -0.500. The number of rotatable bonds is 6. The lowest BCUT2D eigenvalue weighted by Crippen LogP contribution is -2.39. The Hall–Kier alpha value is -3.39. The minimum Gasteiger partial charge on any atom is -0.467 e. The largest absolute Gasteiger partial charge is 0.467 e. The Morgan fingerprint density at radius 2 is 1.91 bits per heavy atom. The van der Waals surface area contributed by atoms with E-state index in [9.17, 15) is 9.59 Å². The highest BCUT2D eigenvalue weighted by Crippen LogP contribution is 2.26. The highest BCUT2D eigenvalue weighted by molar-refractivity contribution is 9.10. The van der Waals surface area contributed by atoms with Crippen molar-refractivity contribution in [3.63, 3.8) is 0 Å². The maximum absolute atomic E-state index is 13.4. The predicted octanol–water partition coefficient (Wildman–Crippen LogP) is 5.57. The van der Waals surface area contributed by atoms with Crippen LogP contribution in [0, 0.1) is 0 Å². The van der Waals surface area contributed by atoms with Crippen molar-refractivity contribution in [2.75, 3.05) is 5.32 Å². The molecule has 1 atom stereocenters. The smallest absolute Gasteiger partial charge is 0.322 e. The number of fused-ring (bicyclic) bond motifs is 1. The van der Waals surface area contributed by atoms with Gasteiger partial charge in [-0.15, -0.1) is 0 Å². The second-order valence-corrected chi connectivity index (χ2v) is 8.18. The van der Waals surface area contributed by atoms with Gasteiger partial charge in [-0.25, -0.2) is 9.78 Å². The molecule has 7 nitrogen and oxygen atoms in total. The Bertz CT molecular complexity index is 1300. The third kappa shape index (κ3) is 4.31. The number of anilines is 1. The molecule has 0 fully saturated rings. The number of hydrogen-bond acceptors (Lipinski definition) is 4. The number of para-hydroxylation sites is 2. The highest BCUT2D eigenvalue weighted by Gasteiger charge is 2.27. The monoisotopic (exact) mass is 494 g/mol. The molecule has 2 amide bonds. The predicted molar refractivity (Wildman–Crippen MR) is 128 cm³/mol. The van der Waals surface area contributed by atoms with Gasteiger partial charge in [0, 0.05) is 11.0 Å². The van der Waals surface area contributed by atoms with Crippen LogP contribution in [-0.2, 0) is 13.1 Å². The van der Waals surface area contributed by atoms with E-state index in [-0.39, 0.29) is 18.1 Å². The van der Waals surface area contributed by atoms with E-state index in [1.165, 1.54) is 0 Å². The van der Waals surface area contributed by atoms with Crippen LogP contribution in [0.4, 0.5) is 10.5 Å². The van der Waals surface area contributed by atoms with E-state index in [0.29, 0.717) is 34.7 Å². The molecule has 0 aliphatic rings. The minimum absolute atomic E-state index is 0.121. The first kappa shape index (κ1) is 21.8. The van der Waals surface area contributed by atoms with Gasteiger partial charge in [-0.3, -0.25) is 9.36 Å². The van der Waals surface area contributed by atoms with Crippen molar-refractivity contribution < 1.29 is 9.21 Å². The van der Waals surface area contributed by atoms with E-state index >= 15 is 0 Å². The zero-order valence-electron chi connectivity index (χ0n) is 17.8. The van der Waals surface area contributed by atoms with E-state index < -0.39 is 6.04 Å². The van der Waals surface area contributed by atoms with Gasteiger partial charge >= 0.3 is 6.03 Å². The number of nitrogens with one attached hydrogen (secondary N) is 1. The van der Waals surface area contributed by atoms with Crippen molar-refractivity contribution in [2.24, 2.45) is 0 Å². The van der Waals surface area contributed by atoms with Crippen molar-refractivity contribution >= 4 is 38.6 Å². The van der Waals surface area contributed by atoms with Crippen molar-refractivity contribution in [3.8, 4) is 0 Å². The number of aromatic nitrogens is 2. The summed E-state index contributed by atoms with van der Waals surface area (Å²) in [7, 11) is 0. The molecule has 0 saturated heterocycles. The van der Waals surface area contributed by atoms with Crippen molar-refractivity contribution in [1.82, 2.24) is 14.5 Å². The van der Waals surface area contributed by atoms with Gasteiger partial charge in [0.25, 0.3) is 5.56 Å². The molecule has 2 aromatic heterocycles. The summed E-state index contributed by atoms with van der Waals surface area (Å²) in [5, 5.41) is 3.50. The summed E-state index contributed by atoms with van der Waals surface area (Å²) in [5.74, 6) is 1.15. The van der Waals surface area contributed by atoms with Crippen LogP contribution >= 0.6 is 15.9 Å². The molecule has 0 aliphatic carbocycles. The Morgan fingerprint density at radius 3 is 2.62 bits per heavy atom. The number of carbonyl (C=O) groups excluding carboxylic acids is 1. The van der Waals surface area contributed by atoms with Gasteiger partial charge in [-0.1, -0.05) is 24.3 Å². The molecule has 8 heteroatoms. The molecule has 164 valence electrons. The summed E-state index contributed by atoms with van der Waals surface area (Å²) >= 11 is 3.47. The average molecular weight is 495 g/mol. The summed E-state index contributed by atoms with van der Waals surface area (Å²) in [4.78, 5) is 32.9. The van der Waals surface area contributed by atoms with Crippen molar-refractivity contribution in [2.45, 2.75) is 33.0 Å². The molecule has 0 aliphatic heterocycles. The number of halogens is 1. The molecular formula is C24H23BrN4O3. The van der Waals surface area contributed by atoms with Crippen molar-refractivity contribution in [1.29, 1.82) is 0 Å². The number of amides is 2. The van der Waals surface area contributed by atoms with Gasteiger partial charge < -0.3 is 14.6 Å². The SMILES string of the molecule is CCn1c(C(C)N(Cc2ccco2)C(=O)Nc2ccccc2Br)nc2ccccc2c1=O. The summed E-state index contributed by atoms with van der Waals surface area (Å²) in [6.07, 6.45) is 1.57. The highest BCUT2D eigenvalue weighted by atomic mass is 79.9. The van der Waals surface area contributed by atoms with Crippen LogP contribution in [-0.4, -0.2) is 20.5 Å². The first-order chi connectivity index (χ1) is 15.5. The Morgan fingerprint density at radius 1 is 1.16 bits per heavy atom. The molecular weight excluding hydrogens is 472 g/mol. The van der Waals surface area contributed by atoms with Crippen LogP contribution < -0.4 is 10.9 Å². The molecule has 0 bridgehead atoms. The van der Waals surface area contributed by atoms with Crippen LogP contribution in [0.2, 0.25) is 0 Å².